The van der Waals surface area contributed by atoms with Gasteiger partial charge in [0.15, 0.2) is 0 Å². The maximum atomic E-state index is 11.9. The standard InChI is InChI=1S/C9H14BrNO3S2/c1-6-4-7(15-8(6)10)16(13,14)11-9(2,3)5-12/h4,11-12H,5H2,1-3H3. The molecular formula is C9H14BrNO3S2. The van der Waals surface area contributed by atoms with Crippen LogP contribution in [0.4, 0.5) is 0 Å². The fourth-order valence-corrected chi connectivity index (χ4v) is 4.64. The minimum Gasteiger partial charge on any atom is -0.394 e. The molecule has 0 spiro atoms. The molecule has 1 aromatic heterocycles. The zero-order valence-electron chi connectivity index (χ0n) is 9.24. The van der Waals surface area contributed by atoms with E-state index in [9.17, 15) is 8.42 Å². The van der Waals surface area contributed by atoms with Gasteiger partial charge in [-0.3, -0.25) is 0 Å². The number of aliphatic hydroxyl groups excluding tert-OH is 1. The lowest BCUT2D eigenvalue weighted by Gasteiger charge is -2.22. The molecule has 0 bridgehead atoms. The van der Waals surface area contributed by atoms with Gasteiger partial charge in [0, 0.05) is 0 Å². The van der Waals surface area contributed by atoms with Gasteiger partial charge >= 0.3 is 0 Å². The van der Waals surface area contributed by atoms with Gasteiger partial charge in [0.1, 0.15) is 4.21 Å². The van der Waals surface area contributed by atoms with Crippen LogP contribution < -0.4 is 4.72 Å². The Labute approximate surface area is 108 Å². The molecular weight excluding hydrogens is 314 g/mol. The summed E-state index contributed by atoms with van der Waals surface area (Å²) < 4.78 is 27.4. The van der Waals surface area contributed by atoms with Crippen LogP contribution in [-0.2, 0) is 10.0 Å². The number of aryl methyl sites for hydroxylation is 1. The first-order chi connectivity index (χ1) is 7.18. The van der Waals surface area contributed by atoms with Crippen LogP contribution in [0.1, 0.15) is 19.4 Å². The molecule has 0 amide bonds. The van der Waals surface area contributed by atoms with Crippen molar-refractivity contribution in [1.82, 2.24) is 4.72 Å². The van der Waals surface area contributed by atoms with Crippen LogP contribution in [0.2, 0.25) is 0 Å². The second kappa shape index (κ2) is 4.73. The summed E-state index contributed by atoms with van der Waals surface area (Å²) in [4.78, 5) is 0. The fourth-order valence-electron chi connectivity index (χ4n) is 1.01. The maximum Gasteiger partial charge on any atom is 0.250 e. The molecule has 0 radical (unpaired) electrons. The Morgan fingerprint density at radius 1 is 1.56 bits per heavy atom. The first kappa shape index (κ1) is 14.1. The van der Waals surface area contributed by atoms with Gasteiger partial charge in [-0.15, -0.1) is 11.3 Å². The third-order valence-corrected chi connectivity index (χ3v) is 6.21. The number of aliphatic hydroxyl groups is 1. The monoisotopic (exact) mass is 327 g/mol. The predicted octanol–water partition coefficient (Wildman–Crippen LogP) is 1.87. The highest BCUT2D eigenvalue weighted by molar-refractivity contribution is 9.11. The Balaban J connectivity index is 3.04. The van der Waals surface area contributed by atoms with E-state index in [1.807, 2.05) is 6.92 Å². The first-order valence-corrected chi connectivity index (χ1v) is 7.68. The molecule has 0 saturated heterocycles. The lowest BCUT2D eigenvalue weighted by Crippen LogP contribution is -2.45. The van der Waals surface area contributed by atoms with Crippen molar-refractivity contribution in [3.8, 4) is 0 Å². The summed E-state index contributed by atoms with van der Waals surface area (Å²) in [6.45, 7) is 4.83. The smallest absolute Gasteiger partial charge is 0.250 e. The minimum absolute atomic E-state index is 0.249. The number of hydrogen-bond acceptors (Lipinski definition) is 4. The highest BCUT2D eigenvalue weighted by Crippen LogP contribution is 2.30. The summed E-state index contributed by atoms with van der Waals surface area (Å²) in [6, 6.07) is 1.60. The van der Waals surface area contributed by atoms with Gasteiger partial charge in [0.05, 0.1) is 15.9 Å². The van der Waals surface area contributed by atoms with Crippen LogP contribution in [0.25, 0.3) is 0 Å². The molecule has 16 heavy (non-hydrogen) atoms. The third kappa shape index (κ3) is 3.27. The Kier molecular flexibility index (Phi) is 4.18. The van der Waals surface area contributed by atoms with Crippen molar-refractivity contribution in [2.24, 2.45) is 0 Å². The normalized spacial score (nSPS) is 13.1. The molecule has 0 aliphatic heterocycles. The highest BCUT2D eigenvalue weighted by Gasteiger charge is 2.27. The molecule has 4 nitrogen and oxygen atoms in total. The van der Waals surface area contributed by atoms with Crippen molar-refractivity contribution in [2.45, 2.75) is 30.5 Å². The SMILES string of the molecule is Cc1cc(S(=O)(=O)NC(C)(C)CO)sc1Br. The van der Waals surface area contributed by atoms with Crippen molar-refractivity contribution in [3.05, 3.63) is 15.4 Å². The lowest BCUT2D eigenvalue weighted by atomic mass is 10.1. The maximum absolute atomic E-state index is 11.9. The molecule has 0 aliphatic rings. The largest absolute Gasteiger partial charge is 0.394 e. The van der Waals surface area contributed by atoms with Crippen molar-refractivity contribution in [1.29, 1.82) is 0 Å². The van der Waals surface area contributed by atoms with Crippen LogP contribution in [0, 0.1) is 6.92 Å². The van der Waals surface area contributed by atoms with E-state index < -0.39 is 15.6 Å². The van der Waals surface area contributed by atoms with E-state index in [0.717, 1.165) is 20.7 Å². The quantitative estimate of drug-likeness (QED) is 0.887. The Hall–Kier alpha value is 0.0500. The number of halogens is 1. The van der Waals surface area contributed by atoms with E-state index in [2.05, 4.69) is 20.7 Å². The molecule has 0 saturated carbocycles. The fraction of sp³-hybridized carbons (Fsp3) is 0.556. The van der Waals surface area contributed by atoms with Gasteiger partial charge in [0.25, 0.3) is 10.0 Å². The highest BCUT2D eigenvalue weighted by atomic mass is 79.9. The van der Waals surface area contributed by atoms with Crippen LogP contribution in [0.15, 0.2) is 14.1 Å². The minimum atomic E-state index is -3.55. The Morgan fingerprint density at radius 3 is 2.50 bits per heavy atom. The summed E-state index contributed by atoms with van der Waals surface area (Å²) in [7, 11) is -3.55. The summed E-state index contributed by atoms with van der Waals surface area (Å²) >= 11 is 4.44. The van der Waals surface area contributed by atoms with Gasteiger partial charge in [-0.25, -0.2) is 13.1 Å². The van der Waals surface area contributed by atoms with Crippen molar-refractivity contribution in [3.63, 3.8) is 0 Å². The van der Waals surface area contributed by atoms with E-state index in [1.54, 1.807) is 19.9 Å². The predicted molar refractivity (Wildman–Crippen MR) is 68.2 cm³/mol. The van der Waals surface area contributed by atoms with E-state index in [-0.39, 0.29) is 10.8 Å². The number of hydrogen-bond donors (Lipinski definition) is 2. The Bertz CT molecular complexity index is 459. The van der Waals surface area contributed by atoms with E-state index in [1.165, 1.54) is 0 Å². The van der Waals surface area contributed by atoms with Crippen LogP contribution in [0.5, 0.6) is 0 Å². The average Bonchev–Trinajstić information content (AvgIpc) is 2.46. The molecule has 92 valence electrons. The molecule has 0 fully saturated rings. The van der Waals surface area contributed by atoms with E-state index in [4.69, 9.17) is 5.11 Å². The van der Waals surface area contributed by atoms with Gasteiger partial charge in [-0.2, -0.15) is 0 Å². The lowest BCUT2D eigenvalue weighted by molar-refractivity contribution is 0.208. The number of sulfonamides is 1. The van der Waals surface area contributed by atoms with Crippen molar-refractivity contribution < 1.29 is 13.5 Å². The second-order valence-electron chi connectivity index (χ2n) is 4.17. The van der Waals surface area contributed by atoms with Crippen LogP contribution >= 0.6 is 27.3 Å². The van der Waals surface area contributed by atoms with Gasteiger partial charge in [-0.1, -0.05) is 0 Å². The number of rotatable bonds is 4. The zero-order chi connectivity index (χ0) is 12.6. The topological polar surface area (TPSA) is 66.4 Å². The van der Waals surface area contributed by atoms with Crippen LogP contribution in [0.3, 0.4) is 0 Å². The molecule has 7 heteroatoms. The molecule has 1 aromatic rings. The van der Waals surface area contributed by atoms with Gasteiger partial charge < -0.3 is 5.11 Å². The van der Waals surface area contributed by atoms with Gasteiger partial charge in [0.2, 0.25) is 0 Å². The molecule has 1 heterocycles. The summed E-state index contributed by atoms with van der Waals surface area (Å²) in [5.41, 5.74) is 0.0237. The molecule has 0 unspecified atom stereocenters. The number of thiophene rings is 1. The molecule has 2 N–H and O–H groups in total. The van der Waals surface area contributed by atoms with E-state index >= 15 is 0 Å². The summed E-state index contributed by atoms with van der Waals surface area (Å²) in [5.74, 6) is 0. The zero-order valence-corrected chi connectivity index (χ0v) is 12.5. The van der Waals surface area contributed by atoms with Crippen LogP contribution in [-0.4, -0.2) is 25.7 Å². The number of nitrogens with one attached hydrogen (secondary N) is 1. The average molecular weight is 328 g/mol. The molecule has 1 rings (SSSR count). The summed E-state index contributed by atoms with van der Waals surface area (Å²) in [6.07, 6.45) is 0. The van der Waals surface area contributed by atoms with Crippen molar-refractivity contribution in [2.75, 3.05) is 6.61 Å². The Morgan fingerprint density at radius 2 is 2.12 bits per heavy atom. The second-order valence-corrected chi connectivity index (χ2v) is 8.45. The molecule has 0 aromatic carbocycles. The molecule has 0 atom stereocenters. The first-order valence-electron chi connectivity index (χ1n) is 4.59. The molecule has 0 aliphatic carbocycles. The van der Waals surface area contributed by atoms with Crippen molar-refractivity contribution >= 4 is 37.3 Å². The third-order valence-electron chi connectivity index (χ3n) is 1.91. The van der Waals surface area contributed by atoms with Gasteiger partial charge in [-0.05, 0) is 48.3 Å². The van der Waals surface area contributed by atoms with E-state index in [0.29, 0.717) is 0 Å². The summed E-state index contributed by atoms with van der Waals surface area (Å²) in [5, 5.41) is 9.03.